The lowest BCUT2D eigenvalue weighted by molar-refractivity contribution is 0.122. The Labute approximate surface area is 231 Å². The van der Waals surface area contributed by atoms with Crippen LogP contribution >= 0.6 is 0 Å². The first-order valence-corrected chi connectivity index (χ1v) is 14.1. The van der Waals surface area contributed by atoms with Gasteiger partial charge in [-0.2, -0.15) is 5.26 Å². The Balaban J connectivity index is 1.17. The Bertz CT molecular complexity index is 1510. The summed E-state index contributed by atoms with van der Waals surface area (Å²) in [6, 6.07) is 18.1. The van der Waals surface area contributed by atoms with Crippen molar-refractivity contribution >= 4 is 34.4 Å². The van der Waals surface area contributed by atoms with Crippen LogP contribution in [0.5, 0.6) is 0 Å². The van der Waals surface area contributed by atoms with Crippen LogP contribution in [0.2, 0.25) is 0 Å². The van der Waals surface area contributed by atoms with Crippen LogP contribution in [0, 0.1) is 18.3 Å². The molecule has 2 saturated heterocycles. The Kier molecular flexibility index (Phi) is 7.44. The molecule has 2 aromatic carbocycles. The average Bonchev–Trinajstić information content (AvgIpc) is 3.68. The molecule has 0 bridgehead atoms. The maximum atomic E-state index is 9.82. The second-order valence-electron chi connectivity index (χ2n) is 10.9. The lowest BCUT2D eigenvalue weighted by atomic mass is 10.0. The highest BCUT2D eigenvalue weighted by molar-refractivity contribution is 5.90. The van der Waals surface area contributed by atoms with Gasteiger partial charge in [0.2, 0.25) is 0 Å². The SMILES string of the molecule is Cc1c(Nc2c(C#N)cncc2C=Cc2cccc(CN3CCC(N4CCCC4)CC3)c2)ccc2[nH]ccc12. The number of piperidine rings is 1. The fraction of sp³-hybridized carbons (Fsp3) is 0.333. The van der Waals surface area contributed by atoms with E-state index in [1.165, 1.54) is 62.8 Å². The number of benzene rings is 2. The van der Waals surface area contributed by atoms with E-state index in [1.54, 1.807) is 6.20 Å². The first-order valence-electron chi connectivity index (χ1n) is 14.1. The lowest BCUT2D eigenvalue weighted by Crippen LogP contribution is -2.43. The number of aryl methyl sites for hydroxylation is 1. The number of aromatic nitrogens is 2. The third-order valence-electron chi connectivity index (χ3n) is 8.39. The van der Waals surface area contributed by atoms with Gasteiger partial charge in [0.1, 0.15) is 6.07 Å². The molecule has 6 rings (SSSR count). The van der Waals surface area contributed by atoms with E-state index in [-0.39, 0.29) is 0 Å². The van der Waals surface area contributed by atoms with Crippen molar-refractivity contribution < 1.29 is 0 Å². The summed E-state index contributed by atoms with van der Waals surface area (Å²) in [6.07, 6.45) is 14.9. The van der Waals surface area contributed by atoms with Crippen LogP contribution in [0.1, 0.15) is 53.5 Å². The van der Waals surface area contributed by atoms with Crippen molar-refractivity contribution in [3.63, 3.8) is 0 Å². The summed E-state index contributed by atoms with van der Waals surface area (Å²) in [5.74, 6) is 0. The van der Waals surface area contributed by atoms with E-state index in [2.05, 4.69) is 92.7 Å². The van der Waals surface area contributed by atoms with Crippen LogP contribution < -0.4 is 5.32 Å². The zero-order valence-corrected chi connectivity index (χ0v) is 22.7. The van der Waals surface area contributed by atoms with Crippen LogP contribution in [-0.2, 0) is 6.54 Å². The zero-order valence-electron chi connectivity index (χ0n) is 22.7. The molecule has 2 fully saturated rings. The molecule has 0 amide bonds. The van der Waals surface area contributed by atoms with Crippen LogP contribution in [0.3, 0.4) is 0 Å². The number of aromatic amines is 1. The molecule has 2 aromatic heterocycles. The lowest BCUT2D eigenvalue weighted by Gasteiger charge is -2.36. The number of pyridine rings is 1. The number of fused-ring (bicyclic) bond motifs is 1. The molecule has 6 nitrogen and oxygen atoms in total. The van der Waals surface area contributed by atoms with E-state index in [0.717, 1.165) is 46.2 Å². The zero-order chi connectivity index (χ0) is 26.6. The molecule has 0 atom stereocenters. The number of nitrogens with zero attached hydrogens (tertiary/aromatic N) is 4. The van der Waals surface area contributed by atoms with Crippen LogP contribution in [0.15, 0.2) is 61.1 Å². The number of rotatable bonds is 7. The predicted octanol–water partition coefficient (Wildman–Crippen LogP) is 6.72. The molecule has 4 heterocycles. The summed E-state index contributed by atoms with van der Waals surface area (Å²) >= 11 is 0. The topological polar surface area (TPSA) is 71.0 Å². The van der Waals surface area contributed by atoms with E-state index < -0.39 is 0 Å². The number of anilines is 2. The molecule has 6 heteroatoms. The summed E-state index contributed by atoms with van der Waals surface area (Å²) in [4.78, 5) is 12.9. The summed E-state index contributed by atoms with van der Waals surface area (Å²) in [7, 11) is 0. The van der Waals surface area contributed by atoms with E-state index >= 15 is 0 Å². The van der Waals surface area contributed by atoms with Gasteiger partial charge in [-0.3, -0.25) is 9.88 Å². The molecule has 0 radical (unpaired) electrons. The molecule has 39 heavy (non-hydrogen) atoms. The monoisotopic (exact) mass is 516 g/mol. The Hall–Kier alpha value is -3.92. The number of hydrogen-bond acceptors (Lipinski definition) is 5. The van der Waals surface area contributed by atoms with Gasteiger partial charge in [0, 0.05) is 53.3 Å². The number of likely N-dealkylation sites (tertiary alicyclic amines) is 2. The van der Waals surface area contributed by atoms with Gasteiger partial charge in [0.15, 0.2) is 0 Å². The Morgan fingerprint density at radius 1 is 1.05 bits per heavy atom. The van der Waals surface area contributed by atoms with Crippen LogP contribution in [0.4, 0.5) is 11.4 Å². The molecule has 198 valence electrons. The van der Waals surface area contributed by atoms with E-state index in [4.69, 9.17) is 0 Å². The normalized spacial score (nSPS) is 17.2. The smallest absolute Gasteiger partial charge is 0.103 e. The van der Waals surface area contributed by atoms with Gasteiger partial charge in [-0.25, -0.2) is 0 Å². The van der Waals surface area contributed by atoms with Gasteiger partial charge in [0.25, 0.3) is 0 Å². The van der Waals surface area contributed by atoms with Crippen molar-refractivity contribution in [1.82, 2.24) is 19.8 Å². The summed E-state index contributed by atoms with van der Waals surface area (Å²) in [5.41, 5.74) is 7.90. The number of hydrogen-bond donors (Lipinski definition) is 2. The largest absolute Gasteiger partial charge is 0.361 e. The highest BCUT2D eigenvalue weighted by Gasteiger charge is 2.26. The summed E-state index contributed by atoms with van der Waals surface area (Å²) < 4.78 is 0. The van der Waals surface area contributed by atoms with Gasteiger partial charge in [-0.15, -0.1) is 0 Å². The minimum atomic E-state index is 0.525. The van der Waals surface area contributed by atoms with Gasteiger partial charge in [-0.1, -0.05) is 36.4 Å². The third kappa shape index (κ3) is 5.61. The molecule has 0 unspecified atom stereocenters. The van der Waals surface area contributed by atoms with Crippen LogP contribution in [0.25, 0.3) is 23.1 Å². The maximum absolute atomic E-state index is 9.82. The first kappa shape index (κ1) is 25.4. The first-order chi connectivity index (χ1) is 19.2. The van der Waals surface area contributed by atoms with Gasteiger partial charge in [-0.05, 0) is 93.7 Å². The predicted molar refractivity (Wildman–Crippen MR) is 160 cm³/mol. The highest BCUT2D eigenvalue weighted by Crippen LogP contribution is 2.31. The van der Waals surface area contributed by atoms with E-state index in [9.17, 15) is 5.26 Å². The van der Waals surface area contributed by atoms with E-state index in [0.29, 0.717) is 5.56 Å². The van der Waals surface area contributed by atoms with Crippen molar-refractivity contribution in [2.24, 2.45) is 0 Å². The number of nitriles is 1. The molecule has 0 saturated carbocycles. The molecular formula is C33H36N6. The molecular weight excluding hydrogens is 480 g/mol. The fourth-order valence-electron chi connectivity index (χ4n) is 6.17. The van der Waals surface area contributed by atoms with Crippen LogP contribution in [-0.4, -0.2) is 52.0 Å². The van der Waals surface area contributed by atoms with Gasteiger partial charge < -0.3 is 15.2 Å². The molecule has 0 spiro atoms. The molecule has 4 aromatic rings. The average molecular weight is 517 g/mol. The number of H-pyrrole nitrogens is 1. The third-order valence-corrected chi connectivity index (χ3v) is 8.39. The highest BCUT2D eigenvalue weighted by atomic mass is 15.2. The minimum absolute atomic E-state index is 0.525. The standard InChI is InChI=1S/C33H36N6/c1-24-30-11-14-36-32(30)10-9-31(24)37-33-27(21-35-22-28(33)20-34)8-7-25-5-4-6-26(19-25)23-38-17-12-29(13-18-38)39-15-2-3-16-39/h4-11,14,19,21-22,29,36H,2-3,12-13,15-18,23H2,1H3,(H,35,37). The summed E-state index contributed by atoms with van der Waals surface area (Å²) in [5, 5.41) is 14.5. The maximum Gasteiger partial charge on any atom is 0.103 e. The molecule has 2 N–H and O–H groups in total. The van der Waals surface area contributed by atoms with Gasteiger partial charge >= 0.3 is 0 Å². The minimum Gasteiger partial charge on any atom is -0.361 e. The Morgan fingerprint density at radius 3 is 2.72 bits per heavy atom. The number of nitrogens with one attached hydrogen (secondary N) is 2. The fourth-order valence-corrected chi connectivity index (χ4v) is 6.17. The van der Waals surface area contributed by atoms with Crippen molar-refractivity contribution in [3.05, 3.63) is 88.9 Å². The van der Waals surface area contributed by atoms with Crippen molar-refractivity contribution in [2.45, 2.75) is 45.2 Å². The molecule has 0 aliphatic carbocycles. The second-order valence-corrected chi connectivity index (χ2v) is 10.9. The molecule has 2 aliphatic heterocycles. The van der Waals surface area contributed by atoms with Crippen molar-refractivity contribution in [1.29, 1.82) is 5.26 Å². The Morgan fingerprint density at radius 2 is 1.90 bits per heavy atom. The van der Waals surface area contributed by atoms with Crippen molar-refractivity contribution in [3.8, 4) is 6.07 Å². The van der Waals surface area contributed by atoms with Crippen molar-refractivity contribution in [2.75, 3.05) is 31.5 Å². The molecule has 2 aliphatic rings. The second kappa shape index (κ2) is 11.4. The quantitative estimate of drug-likeness (QED) is 0.285. The van der Waals surface area contributed by atoms with E-state index in [1.807, 2.05) is 12.4 Å². The summed E-state index contributed by atoms with van der Waals surface area (Å²) in [6.45, 7) is 8.04. The van der Waals surface area contributed by atoms with Gasteiger partial charge in [0.05, 0.1) is 11.3 Å².